The van der Waals surface area contributed by atoms with Crippen LogP contribution in [0.3, 0.4) is 0 Å². The Morgan fingerprint density at radius 2 is 1.85 bits per heavy atom. The molecule has 0 spiro atoms. The molecule has 0 unspecified atom stereocenters. The second kappa shape index (κ2) is 11.3. The van der Waals surface area contributed by atoms with E-state index in [9.17, 15) is 13.2 Å². The molecular formula is C23H26N4O6S. The molecule has 2 N–H and O–H groups in total. The second-order valence-corrected chi connectivity index (χ2v) is 8.98. The van der Waals surface area contributed by atoms with Crippen molar-refractivity contribution in [3.05, 3.63) is 66.5 Å². The van der Waals surface area contributed by atoms with E-state index in [1.807, 2.05) is 13.8 Å². The monoisotopic (exact) mass is 486 g/mol. The molecule has 3 rings (SSSR count). The van der Waals surface area contributed by atoms with E-state index < -0.39 is 16.1 Å². The Morgan fingerprint density at radius 3 is 2.50 bits per heavy atom. The number of rotatable bonds is 10. The number of carbonyl (C=O) groups excluding carboxylic acids is 1. The number of anilines is 2. The van der Waals surface area contributed by atoms with Gasteiger partial charge < -0.3 is 14.2 Å². The zero-order chi connectivity index (χ0) is 24.6. The number of hydrogen-bond acceptors (Lipinski definition) is 8. The molecule has 0 radical (unpaired) electrons. The van der Waals surface area contributed by atoms with Crippen molar-refractivity contribution in [3.8, 4) is 11.5 Å². The van der Waals surface area contributed by atoms with Crippen LogP contribution >= 0.6 is 0 Å². The number of nitrogens with one attached hydrogen (secondary N) is 2. The third-order valence-corrected chi connectivity index (χ3v) is 5.88. The van der Waals surface area contributed by atoms with Crippen LogP contribution in [0.5, 0.6) is 11.5 Å². The summed E-state index contributed by atoms with van der Waals surface area (Å²) in [6.45, 7) is 3.96. The molecule has 2 heterocycles. The van der Waals surface area contributed by atoms with Crippen LogP contribution in [0.1, 0.15) is 25.3 Å². The molecule has 3 aromatic rings. The van der Waals surface area contributed by atoms with Crippen molar-refractivity contribution >= 4 is 27.6 Å². The Labute approximate surface area is 198 Å². The zero-order valence-corrected chi connectivity index (χ0v) is 19.8. The van der Waals surface area contributed by atoms with E-state index in [1.165, 1.54) is 13.2 Å². The van der Waals surface area contributed by atoms with Gasteiger partial charge in [0.2, 0.25) is 0 Å². The number of nitrogens with zero attached hydrogens (tertiary/aromatic N) is 2. The van der Waals surface area contributed by atoms with Gasteiger partial charge in [0, 0.05) is 12.4 Å². The Morgan fingerprint density at radius 1 is 1.03 bits per heavy atom. The number of aromatic nitrogens is 2. The van der Waals surface area contributed by atoms with Crippen LogP contribution in [0.4, 0.5) is 16.3 Å². The Kier molecular flexibility index (Phi) is 8.25. The standard InChI is InChI=1S/C23H26N4O6S/c1-16(2)17-10-11-21(25-15-17)34(29,30)27-18-7-6-8-19(22(18)31-3)32-13-14-33-23(28)26-20-9-4-5-12-24-20/h4-12,15-16,27H,13-14H2,1-3H3,(H,24,26,28). The fourth-order valence-corrected chi connectivity index (χ4v) is 3.87. The lowest BCUT2D eigenvalue weighted by atomic mass is 10.1. The largest absolute Gasteiger partial charge is 0.491 e. The second-order valence-electron chi connectivity index (χ2n) is 7.35. The minimum atomic E-state index is -3.95. The lowest BCUT2D eigenvalue weighted by Crippen LogP contribution is -2.18. The maximum absolute atomic E-state index is 12.8. The van der Waals surface area contributed by atoms with Crippen LogP contribution < -0.4 is 19.5 Å². The van der Waals surface area contributed by atoms with Crippen molar-refractivity contribution in [1.82, 2.24) is 9.97 Å². The molecule has 2 aromatic heterocycles. The third kappa shape index (κ3) is 6.58. The highest BCUT2D eigenvalue weighted by molar-refractivity contribution is 7.92. The van der Waals surface area contributed by atoms with Gasteiger partial charge in [-0.25, -0.2) is 14.8 Å². The van der Waals surface area contributed by atoms with E-state index in [0.29, 0.717) is 5.82 Å². The first kappa shape index (κ1) is 24.8. The van der Waals surface area contributed by atoms with E-state index in [4.69, 9.17) is 14.2 Å². The van der Waals surface area contributed by atoms with Crippen LogP contribution in [-0.2, 0) is 14.8 Å². The first-order chi connectivity index (χ1) is 16.3. The molecule has 1 amide bonds. The predicted molar refractivity (Wildman–Crippen MR) is 127 cm³/mol. The highest BCUT2D eigenvalue weighted by Gasteiger charge is 2.20. The van der Waals surface area contributed by atoms with Crippen LogP contribution in [0, 0.1) is 0 Å². The minimum absolute atomic E-state index is 0.0143. The normalized spacial score (nSPS) is 11.1. The fourth-order valence-electron chi connectivity index (χ4n) is 2.87. The first-order valence-electron chi connectivity index (χ1n) is 10.4. The number of sulfonamides is 1. The summed E-state index contributed by atoms with van der Waals surface area (Å²) >= 11 is 0. The number of hydrogen-bond donors (Lipinski definition) is 2. The van der Waals surface area contributed by atoms with E-state index in [0.717, 1.165) is 5.56 Å². The molecule has 0 atom stereocenters. The lowest BCUT2D eigenvalue weighted by molar-refractivity contribution is 0.136. The number of para-hydroxylation sites is 1. The molecule has 0 aliphatic heterocycles. The molecule has 0 saturated heterocycles. The molecule has 0 saturated carbocycles. The number of pyridine rings is 2. The number of benzene rings is 1. The Hall–Kier alpha value is -3.86. The number of carbonyl (C=O) groups is 1. The topological polar surface area (TPSA) is 129 Å². The fraction of sp³-hybridized carbons (Fsp3) is 0.261. The molecular weight excluding hydrogens is 460 g/mol. The van der Waals surface area contributed by atoms with Gasteiger partial charge in [-0.2, -0.15) is 8.42 Å². The maximum atomic E-state index is 12.8. The number of methoxy groups -OCH3 is 1. The molecule has 0 fully saturated rings. The molecule has 0 bridgehead atoms. The van der Waals surface area contributed by atoms with Gasteiger partial charge in [-0.05, 0) is 41.8 Å². The highest BCUT2D eigenvalue weighted by atomic mass is 32.2. The molecule has 0 aliphatic rings. The Balaban J connectivity index is 1.61. The summed E-state index contributed by atoms with van der Waals surface area (Å²) in [6.07, 6.45) is 2.41. The zero-order valence-electron chi connectivity index (χ0n) is 19.0. The van der Waals surface area contributed by atoms with Gasteiger partial charge in [0.05, 0.1) is 12.8 Å². The summed E-state index contributed by atoms with van der Waals surface area (Å²) in [5.41, 5.74) is 1.12. The SMILES string of the molecule is COc1c(NS(=O)(=O)c2ccc(C(C)C)cn2)cccc1OCCOC(=O)Nc1ccccn1. The summed E-state index contributed by atoms with van der Waals surface area (Å²) in [4.78, 5) is 19.9. The molecule has 0 aliphatic carbocycles. The summed E-state index contributed by atoms with van der Waals surface area (Å²) in [7, 11) is -2.56. The lowest BCUT2D eigenvalue weighted by Gasteiger charge is -2.16. The summed E-state index contributed by atoms with van der Waals surface area (Å²) in [6, 6.07) is 13.0. The van der Waals surface area contributed by atoms with Gasteiger partial charge in [-0.1, -0.05) is 32.0 Å². The minimum Gasteiger partial charge on any atom is -0.491 e. The number of amides is 1. The molecule has 1 aromatic carbocycles. The van der Waals surface area contributed by atoms with Crippen molar-refractivity contribution in [2.75, 3.05) is 30.4 Å². The molecule has 180 valence electrons. The van der Waals surface area contributed by atoms with Crippen molar-refractivity contribution in [2.45, 2.75) is 24.8 Å². The van der Waals surface area contributed by atoms with Crippen molar-refractivity contribution in [2.24, 2.45) is 0 Å². The van der Waals surface area contributed by atoms with Gasteiger partial charge in [-0.3, -0.25) is 10.0 Å². The van der Waals surface area contributed by atoms with Gasteiger partial charge >= 0.3 is 6.09 Å². The van der Waals surface area contributed by atoms with Gasteiger partial charge in [0.25, 0.3) is 10.0 Å². The van der Waals surface area contributed by atoms with Crippen LogP contribution in [0.15, 0.2) is 66.0 Å². The Bertz CT molecular complexity index is 1200. The smallest absolute Gasteiger partial charge is 0.412 e. The van der Waals surface area contributed by atoms with Crippen molar-refractivity contribution in [1.29, 1.82) is 0 Å². The van der Waals surface area contributed by atoms with Crippen LogP contribution in [0.25, 0.3) is 0 Å². The van der Waals surface area contributed by atoms with E-state index in [2.05, 4.69) is 20.0 Å². The first-order valence-corrected chi connectivity index (χ1v) is 11.9. The van der Waals surface area contributed by atoms with Crippen molar-refractivity contribution < 1.29 is 27.4 Å². The maximum Gasteiger partial charge on any atom is 0.412 e. The summed E-state index contributed by atoms with van der Waals surface area (Å²) < 4.78 is 44.2. The molecule has 11 heteroatoms. The number of ether oxygens (including phenoxy) is 3. The van der Waals surface area contributed by atoms with Crippen LogP contribution in [0.2, 0.25) is 0 Å². The molecule has 10 nitrogen and oxygen atoms in total. The predicted octanol–water partition coefficient (Wildman–Crippen LogP) is 4.04. The van der Waals surface area contributed by atoms with Gasteiger partial charge in [-0.15, -0.1) is 0 Å². The van der Waals surface area contributed by atoms with E-state index in [-0.39, 0.29) is 41.3 Å². The third-order valence-electron chi connectivity index (χ3n) is 4.60. The summed E-state index contributed by atoms with van der Waals surface area (Å²) in [5.74, 6) is 1.06. The molecule has 34 heavy (non-hydrogen) atoms. The van der Waals surface area contributed by atoms with Gasteiger partial charge in [0.1, 0.15) is 19.0 Å². The highest BCUT2D eigenvalue weighted by Crippen LogP contribution is 2.36. The average molecular weight is 487 g/mol. The van der Waals surface area contributed by atoms with E-state index in [1.54, 1.807) is 54.9 Å². The average Bonchev–Trinajstić information content (AvgIpc) is 2.82. The van der Waals surface area contributed by atoms with Crippen LogP contribution in [-0.4, -0.2) is 44.8 Å². The van der Waals surface area contributed by atoms with Crippen molar-refractivity contribution in [3.63, 3.8) is 0 Å². The van der Waals surface area contributed by atoms with Gasteiger partial charge in [0.15, 0.2) is 16.5 Å². The van der Waals surface area contributed by atoms with E-state index >= 15 is 0 Å². The summed E-state index contributed by atoms with van der Waals surface area (Å²) in [5, 5.41) is 2.37. The quantitative estimate of drug-likeness (QED) is 0.411.